The summed E-state index contributed by atoms with van der Waals surface area (Å²) in [6.07, 6.45) is 5.83. The number of pyridine rings is 1. The highest BCUT2D eigenvalue weighted by molar-refractivity contribution is 7.92. The molecule has 0 spiro atoms. The number of aromatic nitrogens is 1. The molecule has 1 saturated carbocycles. The van der Waals surface area contributed by atoms with Crippen molar-refractivity contribution in [2.24, 2.45) is 11.8 Å². The summed E-state index contributed by atoms with van der Waals surface area (Å²) in [4.78, 5) is 27.5. The first-order chi connectivity index (χ1) is 12.7. The summed E-state index contributed by atoms with van der Waals surface area (Å²) >= 11 is 0. The standard InChI is InChI=1S/C20H25NO5S/c1-13(2)27(25,26)19-4-3-9-21-17(19)6-8-20(24)7-5-14-11-18(23)15(12-22)10-16(14)20/h3-4,9,11-13,15-16,24H,5-8,10H2,1-2H3/t15?,16?,20-/m1/s1. The molecule has 1 N–H and O–H groups in total. The number of carbonyl (C=O) groups excluding carboxylic acids is 2. The maximum absolute atomic E-state index is 12.6. The first-order valence-corrected chi connectivity index (χ1v) is 10.8. The third-order valence-electron chi connectivity index (χ3n) is 5.86. The molecule has 2 aliphatic carbocycles. The molecule has 0 aromatic carbocycles. The minimum absolute atomic E-state index is 0.185. The van der Waals surface area contributed by atoms with Gasteiger partial charge in [-0.3, -0.25) is 9.78 Å². The fourth-order valence-corrected chi connectivity index (χ4v) is 5.40. The number of rotatable bonds is 6. The molecule has 1 heterocycles. The Labute approximate surface area is 159 Å². The van der Waals surface area contributed by atoms with Crippen LogP contribution in [0.3, 0.4) is 0 Å². The molecule has 0 aliphatic heterocycles. The molecule has 3 rings (SSSR count). The number of hydrogen-bond acceptors (Lipinski definition) is 6. The Hall–Kier alpha value is -1.86. The first-order valence-electron chi connectivity index (χ1n) is 9.29. The van der Waals surface area contributed by atoms with Crippen LogP contribution in [0.2, 0.25) is 0 Å². The van der Waals surface area contributed by atoms with E-state index in [1.807, 2.05) is 0 Å². The van der Waals surface area contributed by atoms with Crippen LogP contribution in [0.15, 0.2) is 34.9 Å². The number of aldehydes is 1. The smallest absolute Gasteiger partial charge is 0.182 e. The molecule has 0 bridgehead atoms. The van der Waals surface area contributed by atoms with Gasteiger partial charge in [-0.1, -0.05) is 5.57 Å². The van der Waals surface area contributed by atoms with Crippen LogP contribution in [-0.4, -0.2) is 41.4 Å². The van der Waals surface area contributed by atoms with Gasteiger partial charge in [0, 0.05) is 12.1 Å². The van der Waals surface area contributed by atoms with Crippen LogP contribution in [0.25, 0.3) is 0 Å². The second kappa shape index (κ2) is 7.28. The SMILES string of the molecule is CC(C)S(=O)(=O)c1cccnc1CC[C@]1(O)CCC2=CC(=O)C(C=O)CC21. The lowest BCUT2D eigenvalue weighted by molar-refractivity contribution is -0.126. The molecule has 6 nitrogen and oxygen atoms in total. The van der Waals surface area contributed by atoms with Crippen LogP contribution in [0.1, 0.15) is 45.2 Å². The number of carbonyl (C=O) groups is 2. The maximum atomic E-state index is 12.6. The highest BCUT2D eigenvalue weighted by atomic mass is 32.2. The van der Waals surface area contributed by atoms with E-state index in [9.17, 15) is 23.1 Å². The minimum atomic E-state index is -3.46. The summed E-state index contributed by atoms with van der Waals surface area (Å²) in [7, 11) is -3.46. The Bertz CT molecular complexity index is 889. The lowest BCUT2D eigenvalue weighted by Crippen LogP contribution is -2.38. The van der Waals surface area contributed by atoms with Crippen LogP contribution in [-0.2, 0) is 25.8 Å². The molecule has 0 amide bonds. The molecule has 0 radical (unpaired) electrons. The summed E-state index contributed by atoms with van der Waals surface area (Å²) in [5.74, 6) is -1.12. The van der Waals surface area contributed by atoms with E-state index in [1.165, 1.54) is 6.08 Å². The van der Waals surface area contributed by atoms with Crippen LogP contribution >= 0.6 is 0 Å². The van der Waals surface area contributed by atoms with Crippen LogP contribution in [0.5, 0.6) is 0 Å². The molecule has 1 aromatic heterocycles. The van der Waals surface area contributed by atoms with Crippen molar-refractivity contribution < 1.29 is 23.1 Å². The Morgan fingerprint density at radius 1 is 1.41 bits per heavy atom. The van der Waals surface area contributed by atoms with Gasteiger partial charge >= 0.3 is 0 Å². The van der Waals surface area contributed by atoms with Crippen molar-refractivity contribution in [2.45, 2.75) is 61.7 Å². The van der Waals surface area contributed by atoms with Crippen molar-refractivity contribution in [2.75, 3.05) is 0 Å². The van der Waals surface area contributed by atoms with E-state index >= 15 is 0 Å². The summed E-state index contributed by atoms with van der Waals surface area (Å²) < 4.78 is 25.2. The lowest BCUT2D eigenvalue weighted by Gasteiger charge is -2.33. The van der Waals surface area contributed by atoms with Crippen LogP contribution in [0, 0.1) is 11.8 Å². The van der Waals surface area contributed by atoms with Crippen LogP contribution in [0.4, 0.5) is 0 Å². The third kappa shape index (κ3) is 3.62. The van der Waals surface area contributed by atoms with Gasteiger partial charge in [0.1, 0.15) is 6.29 Å². The van der Waals surface area contributed by atoms with Crippen molar-refractivity contribution in [3.63, 3.8) is 0 Å². The Morgan fingerprint density at radius 3 is 2.81 bits per heavy atom. The van der Waals surface area contributed by atoms with Gasteiger partial charge in [0.2, 0.25) is 0 Å². The van der Waals surface area contributed by atoms with Gasteiger partial charge in [0.05, 0.1) is 27.4 Å². The van der Waals surface area contributed by atoms with E-state index in [-0.39, 0.29) is 16.6 Å². The summed E-state index contributed by atoms with van der Waals surface area (Å²) in [5.41, 5.74) is 0.303. The maximum Gasteiger partial charge on any atom is 0.182 e. The normalized spacial score (nSPS) is 28.1. The first kappa shape index (κ1) is 19.9. The number of aryl methyl sites for hydroxylation is 1. The van der Waals surface area contributed by atoms with Gasteiger partial charge in [-0.25, -0.2) is 8.42 Å². The predicted octanol–water partition coefficient (Wildman–Crippen LogP) is 2.05. The third-order valence-corrected chi connectivity index (χ3v) is 8.09. The van der Waals surface area contributed by atoms with Gasteiger partial charge in [-0.2, -0.15) is 0 Å². The largest absolute Gasteiger partial charge is 0.389 e. The molecule has 27 heavy (non-hydrogen) atoms. The Morgan fingerprint density at radius 2 is 2.15 bits per heavy atom. The zero-order valence-corrected chi connectivity index (χ0v) is 16.4. The molecule has 0 saturated heterocycles. The molecule has 146 valence electrons. The molecule has 7 heteroatoms. The number of hydrogen-bond donors (Lipinski definition) is 1. The topological polar surface area (TPSA) is 101 Å². The van der Waals surface area contributed by atoms with Crippen molar-refractivity contribution in [1.29, 1.82) is 0 Å². The fourth-order valence-electron chi connectivity index (χ4n) is 4.14. The molecular weight excluding hydrogens is 366 g/mol. The quantitative estimate of drug-likeness (QED) is 0.588. The number of nitrogens with zero attached hydrogens (tertiary/aromatic N) is 1. The highest BCUT2D eigenvalue weighted by Crippen LogP contribution is 2.48. The molecule has 1 aromatic rings. The van der Waals surface area contributed by atoms with E-state index in [1.54, 1.807) is 32.2 Å². The van der Waals surface area contributed by atoms with E-state index < -0.39 is 26.6 Å². The number of fused-ring (bicyclic) bond motifs is 1. The lowest BCUT2D eigenvalue weighted by atomic mass is 9.75. The van der Waals surface area contributed by atoms with E-state index in [0.717, 1.165) is 5.57 Å². The molecule has 2 unspecified atom stereocenters. The summed E-state index contributed by atoms with van der Waals surface area (Å²) in [5, 5.41) is 10.7. The highest BCUT2D eigenvalue weighted by Gasteiger charge is 2.47. The fraction of sp³-hybridized carbons (Fsp3) is 0.550. The molecule has 2 aliphatic rings. The number of allylic oxidation sites excluding steroid dienone is 1. The van der Waals surface area contributed by atoms with Crippen molar-refractivity contribution in [3.05, 3.63) is 35.7 Å². The van der Waals surface area contributed by atoms with Crippen molar-refractivity contribution >= 4 is 21.9 Å². The zero-order chi connectivity index (χ0) is 19.8. The zero-order valence-electron chi connectivity index (χ0n) is 15.6. The van der Waals surface area contributed by atoms with Gasteiger partial charge in [-0.05, 0) is 64.2 Å². The summed E-state index contributed by atoms with van der Waals surface area (Å²) in [6.45, 7) is 3.26. The van der Waals surface area contributed by atoms with Gasteiger partial charge < -0.3 is 9.90 Å². The number of ketones is 1. The van der Waals surface area contributed by atoms with E-state index in [0.29, 0.717) is 44.1 Å². The Kier molecular flexibility index (Phi) is 5.36. The molecule has 3 atom stereocenters. The predicted molar refractivity (Wildman–Crippen MR) is 99.8 cm³/mol. The van der Waals surface area contributed by atoms with Gasteiger partial charge in [0.15, 0.2) is 15.6 Å². The average molecular weight is 391 g/mol. The number of sulfone groups is 1. The second-order valence-corrected chi connectivity index (χ2v) is 10.3. The molecule has 1 fully saturated rings. The average Bonchev–Trinajstić information content (AvgIpc) is 2.95. The Balaban J connectivity index is 1.83. The monoisotopic (exact) mass is 391 g/mol. The second-order valence-electron chi connectivity index (χ2n) is 7.80. The van der Waals surface area contributed by atoms with E-state index in [2.05, 4.69) is 4.98 Å². The van der Waals surface area contributed by atoms with Gasteiger partial charge in [-0.15, -0.1) is 0 Å². The minimum Gasteiger partial charge on any atom is -0.389 e. The molecular formula is C20H25NO5S. The van der Waals surface area contributed by atoms with E-state index in [4.69, 9.17) is 0 Å². The van der Waals surface area contributed by atoms with Crippen molar-refractivity contribution in [3.8, 4) is 0 Å². The number of aliphatic hydroxyl groups is 1. The summed E-state index contributed by atoms with van der Waals surface area (Å²) in [6, 6.07) is 3.16. The van der Waals surface area contributed by atoms with Crippen molar-refractivity contribution in [1.82, 2.24) is 4.98 Å². The van der Waals surface area contributed by atoms with Crippen LogP contribution < -0.4 is 0 Å². The van der Waals surface area contributed by atoms with Gasteiger partial charge in [0.25, 0.3) is 0 Å².